The molecule has 1 aliphatic carbocycles. The van der Waals surface area contributed by atoms with E-state index in [1.54, 1.807) is 43.6 Å². The second kappa shape index (κ2) is 9.37. The lowest BCUT2D eigenvalue weighted by atomic mass is 10.2. The molecule has 2 atom stereocenters. The highest BCUT2D eigenvalue weighted by atomic mass is 16.5. The largest absolute Gasteiger partial charge is 0.469 e. The number of imidazole rings is 1. The first-order valence-electron chi connectivity index (χ1n) is 11.6. The number of amides is 2. The van der Waals surface area contributed by atoms with E-state index in [1.807, 2.05) is 19.9 Å². The van der Waals surface area contributed by atoms with Crippen molar-refractivity contribution in [2.45, 2.75) is 20.3 Å². The highest BCUT2D eigenvalue weighted by Crippen LogP contribution is 2.40. The van der Waals surface area contributed by atoms with Gasteiger partial charge in [0.25, 0.3) is 5.91 Å². The number of carbonyl (C=O) groups excluding carboxylic acids is 3. The van der Waals surface area contributed by atoms with E-state index < -0.39 is 11.8 Å². The number of methoxy groups -OCH3 is 1. The van der Waals surface area contributed by atoms with Crippen LogP contribution in [-0.2, 0) is 21.4 Å². The van der Waals surface area contributed by atoms with Crippen LogP contribution in [0.5, 0.6) is 11.6 Å². The van der Waals surface area contributed by atoms with Crippen molar-refractivity contribution in [1.29, 1.82) is 0 Å². The molecule has 3 heterocycles. The van der Waals surface area contributed by atoms with Gasteiger partial charge in [-0.3, -0.25) is 19.1 Å². The molecule has 37 heavy (non-hydrogen) atoms. The summed E-state index contributed by atoms with van der Waals surface area (Å²) in [7, 11) is 3.02. The van der Waals surface area contributed by atoms with E-state index in [1.165, 1.54) is 16.3 Å². The van der Waals surface area contributed by atoms with Gasteiger partial charge < -0.3 is 20.1 Å². The average Bonchev–Trinajstić information content (AvgIpc) is 3.46. The van der Waals surface area contributed by atoms with Crippen LogP contribution in [0.15, 0.2) is 42.6 Å². The fourth-order valence-electron chi connectivity index (χ4n) is 4.02. The maximum Gasteiger partial charge on any atom is 0.309 e. The molecule has 5 rings (SSSR count). The monoisotopic (exact) mass is 503 g/mol. The summed E-state index contributed by atoms with van der Waals surface area (Å²) in [6.07, 6.45) is 2.02. The second-order valence-electron chi connectivity index (χ2n) is 8.89. The molecule has 0 aliphatic heterocycles. The molecule has 1 aliphatic rings. The molecule has 4 aromatic rings. The van der Waals surface area contributed by atoms with Crippen LogP contribution >= 0.6 is 0 Å². The molecule has 3 aromatic heterocycles. The van der Waals surface area contributed by atoms with Gasteiger partial charge in [-0.05, 0) is 44.0 Å². The van der Waals surface area contributed by atoms with E-state index in [-0.39, 0.29) is 17.8 Å². The lowest BCUT2D eigenvalue weighted by Crippen LogP contribution is -2.17. The number of carbonyl (C=O) groups is 3. The van der Waals surface area contributed by atoms with Crippen molar-refractivity contribution >= 4 is 34.9 Å². The van der Waals surface area contributed by atoms with E-state index in [2.05, 4.69) is 30.6 Å². The normalized spacial score (nSPS) is 16.3. The minimum absolute atomic E-state index is 0.278. The van der Waals surface area contributed by atoms with Crippen LogP contribution in [0.2, 0.25) is 0 Å². The van der Waals surface area contributed by atoms with Gasteiger partial charge in [-0.25, -0.2) is 9.50 Å². The Hall–Kier alpha value is -4.74. The number of nitrogens with zero attached hydrogens (tertiary/aromatic N) is 5. The number of fused-ring (bicyclic) bond motifs is 1. The molecule has 0 radical (unpaired) electrons. The minimum Gasteiger partial charge on any atom is -0.469 e. The third kappa shape index (κ3) is 4.99. The summed E-state index contributed by atoms with van der Waals surface area (Å²) in [6.45, 7) is 3.71. The van der Waals surface area contributed by atoms with Gasteiger partial charge in [0.05, 0.1) is 30.8 Å². The third-order valence-corrected chi connectivity index (χ3v) is 6.09. The van der Waals surface area contributed by atoms with Gasteiger partial charge in [-0.2, -0.15) is 5.10 Å². The third-order valence-electron chi connectivity index (χ3n) is 6.09. The zero-order valence-corrected chi connectivity index (χ0v) is 20.7. The molecule has 12 nitrogen and oxygen atoms in total. The zero-order chi connectivity index (χ0) is 26.3. The molecule has 2 N–H and O–H groups in total. The highest BCUT2D eigenvalue weighted by molar-refractivity contribution is 6.03. The molecule has 0 bridgehead atoms. The van der Waals surface area contributed by atoms with Crippen LogP contribution in [0.25, 0.3) is 5.65 Å². The quantitative estimate of drug-likeness (QED) is 0.367. The Kier molecular flexibility index (Phi) is 6.07. The van der Waals surface area contributed by atoms with Crippen molar-refractivity contribution < 1.29 is 23.9 Å². The molecule has 12 heteroatoms. The maximum atomic E-state index is 12.7. The Labute approximate surface area is 211 Å². The van der Waals surface area contributed by atoms with E-state index in [4.69, 9.17) is 4.74 Å². The Balaban J connectivity index is 1.28. The van der Waals surface area contributed by atoms with Crippen molar-refractivity contribution in [1.82, 2.24) is 24.4 Å². The first kappa shape index (κ1) is 24.0. The number of rotatable bonds is 7. The Morgan fingerprint density at radius 1 is 1.03 bits per heavy atom. The van der Waals surface area contributed by atoms with E-state index in [0.29, 0.717) is 40.9 Å². The first-order valence-corrected chi connectivity index (χ1v) is 11.6. The van der Waals surface area contributed by atoms with Crippen molar-refractivity contribution in [3.05, 3.63) is 59.5 Å². The van der Waals surface area contributed by atoms with Gasteiger partial charge in [-0.1, -0.05) is 6.07 Å². The Morgan fingerprint density at radius 3 is 2.57 bits per heavy atom. The van der Waals surface area contributed by atoms with Crippen LogP contribution in [0.3, 0.4) is 0 Å². The number of ether oxygens (including phenoxy) is 2. The van der Waals surface area contributed by atoms with Crippen molar-refractivity contribution in [2.75, 3.05) is 17.7 Å². The summed E-state index contributed by atoms with van der Waals surface area (Å²) in [5.74, 6) is -0.685. The first-order chi connectivity index (χ1) is 17.7. The molecule has 0 saturated heterocycles. The molecule has 2 amide bonds. The number of hydrogen-bond donors (Lipinski definition) is 2. The molecule has 0 spiro atoms. The zero-order valence-electron chi connectivity index (χ0n) is 20.7. The molecule has 190 valence electrons. The van der Waals surface area contributed by atoms with Crippen LogP contribution in [0.4, 0.5) is 11.5 Å². The van der Waals surface area contributed by atoms with Crippen molar-refractivity contribution in [3.8, 4) is 11.6 Å². The van der Waals surface area contributed by atoms with Gasteiger partial charge in [-0.15, -0.1) is 5.10 Å². The average molecular weight is 504 g/mol. The Bertz CT molecular complexity index is 1540. The smallest absolute Gasteiger partial charge is 0.309 e. The number of nitrogens with one attached hydrogen (secondary N) is 2. The minimum atomic E-state index is -0.415. The summed E-state index contributed by atoms with van der Waals surface area (Å²) in [4.78, 5) is 41.0. The number of esters is 1. The topological polar surface area (TPSA) is 142 Å². The molecular formula is C25H25N7O5. The molecular weight excluding hydrogens is 478 g/mol. The fraction of sp³-hybridized carbons (Fsp3) is 0.280. The number of aryl methyl sites for hydroxylation is 3. The summed E-state index contributed by atoms with van der Waals surface area (Å²) >= 11 is 0. The van der Waals surface area contributed by atoms with Gasteiger partial charge >= 0.3 is 5.97 Å². The van der Waals surface area contributed by atoms with Gasteiger partial charge in [0.2, 0.25) is 11.8 Å². The molecule has 1 fully saturated rings. The lowest BCUT2D eigenvalue weighted by molar-refractivity contribution is -0.143. The van der Waals surface area contributed by atoms with Crippen molar-refractivity contribution in [2.24, 2.45) is 18.9 Å². The predicted octanol–water partition coefficient (Wildman–Crippen LogP) is 2.87. The van der Waals surface area contributed by atoms with E-state index in [0.717, 1.165) is 11.3 Å². The summed E-state index contributed by atoms with van der Waals surface area (Å²) < 4.78 is 13.6. The molecule has 2 unspecified atom stereocenters. The van der Waals surface area contributed by atoms with Crippen LogP contribution < -0.4 is 15.4 Å². The van der Waals surface area contributed by atoms with Crippen molar-refractivity contribution in [3.63, 3.8) is 0 Å². The maximum absolute atomic E-state index is 12.7. The molecule has 1 aromatic carbocycles. The summed E-state index contributed by atoms with van der Waals surface area (Å²) in [6, 6.07) is 10.4. The SMILES string of the molecule is COC(=O)C1CC1C(=O)Nc1cn2nc(Oc3ccc(C)c(NC(=O)c4cc(C)nn4C)c3)ccc2n1. The predicted molar refractivity (Wildman–Crippen MR) is 132 cm³/mol. The van der Waals surface area contributed by atoms with E-state index >= 15 is 0 Å². The van der Waals surface area contributed by atoms with Crippen LogP contribution in [0.1, 0.15) is 28.2 Å². The van der Waals surface area contributed by atoms with E-state index in [9.17, 15) is 14.4 Å². The van der Waals surface area contributed by atoms with Gasteiger partial charge in [0, 0.05) is 24.9 Å². The number of aromatic nitrogens is 5. The van der Waals surface area contributed by atoms with Crippen LogP contribution in [0, 0.1) is 25.7 Å². The van der Waals surface area contributed by atoms with Gasteiger partial charge in [0.1, 0.15) is 11.4 Å². The summed E-state index contributed by atoms with van der Waals surface area (Å²) in [5.41, 5.74) is 3.17. The highest BCUT2D eigenvalue weighted by Gasteiger charge is 2.49. The van der Waals surface area contributed by atoms with Gasteiger partial charge in [0.15, 0.2) is 11.5 Å². The number of benzene rings is 1. The molecule has 1 saturated carbocycles. The second-order valence-corrected chi connectivity index (χ2v) is 8.89. The van der Waals surface area contributed by atoms with Crippen LogP contribution in [-0.4, -0.2) is 49.3 Å². The standard InChI is InChI=1S/C25H25N7O5/c1-13-5-6-15(10-18(13)26-24(34)19-9-14(2)29-31(19)3)37-22-8-7-21-27-20(12-32(21)30-22)28-23(33)16-11-17(16)25(35)36-4/h5-10,12,16-17H,11H2,1-4H3,(H,26,34)(H,28,33). The fourth-order valence-corrected chi connectivity index (χ4v) is 4.02. The number of anilines is 2. The lowest BCUT2D eigenvalue weighted by Gasteiger charge is -2.11. The number of hydrogen-bond acceptors (Lipinski definition) is 8. The Morgan fingerprint density at radius 2 is 1.84 bits per heavy atom. The summed E-state index contributed by atoms with van der Waals surface area (Å²) in [5, 5.41) is 14.2.